The second-order valence-electron chi connectivity index (χ2n) is 3.78. The van der Waals surface area contributed by atoms with E-state index in [1.165, 1.54) is 6.20 Å². The van der Waals surface area contributed by atoms with Crippen molar-refractivity contribution in [2.24, 2.45) is 0 Å². The summed E-state index contributed by atoms with van der Waals surface area (Å²) in [5.74, 6) is 0.703. The molecule has 5 nitrogen and oxygen atoms in total. The zero-order valence-corrected chi connectivity index (χ0v) is 9.42. The van der Waals surface area contributed by atoms with Gasteiger partial charge in [-0.3, -0.25) is 4.79 Å². The molecule has 1 aromatic rings. The van der Waals surface area contributed by atoms with Crippen molar-refractivity contribution < 1.29 is 4.79 Å². The van der Waals surface area contributed by atoms with Gasteiger partial charge in [-0.2, -0.15) is 0 Å². The van der Waals surface area contributed by atoms with Gasteiger partial charge in [0.2, 0.25) is 5.91 Å². The third kappa shape index (κ3) is 2.55. The molecule has 1 amide bonds. The van der Waals surface area contributed by atoms with E-state index >= 15 is 0 Å². The van der Waals surface area contributed by atoms with Crippen LogP contribution in [0.25, 0.3) is 0 Å². The number of hydrogen-bond acceptors (Lipinski definition) is 4. The van der Waals surface area contributed by atoms with Crippen molar-refractivity contribution in [2.75, 3.05) is 17.6 Å². The molecule has 6 heteroatoms. The predicted molar refractivity (Wildman–Crippen MR) is 63.3 cm³/mol. The molecule has 1 aliphatic rings. The van der Waals surface area contributed by atoms with Crippen molar-refractivity contribution in [2.45, 2.75) is 18.9 Å². The van der Waals surface area contributed by atoms with Gasteiger partial charge in [-0.15, -0.1) is 0 Å². The third-order valence-corrected chi connectivity index (χ3v) is 2.69. The van der Waals surface area contributed by atoms with Gasteiger partial charge in [0.15, 0.2) is 0 Å². The van der Waals surface area contributed by atoms with Crippen molar-refractivity contribution in [1.82, 2.24) is 10.3 Å². The Morgan fingerprint density at radius 3 is 3.12 bits per heavy atom. The summed E-state index contributed by atoms with van der Waals surface area (Å²) in [6, 6.07) is 1.80. The number of nitrogen functional groups attached to an aromatic ring is 1. The topological polar surface area (TPSA) is 80.0 Å². The van der Waals surface area contributed by atoms with Crippen LogP contribution in [0.1, 0.15) is 12.8 Å². The van der Waals surface area contributed by atoms with Crippen molar-refractivity contribution in [1.29, 1.82) is 0 Å². The maximum atomic E-state index is 11.0. The van der Waals surface area contributed by atoms with E-state index in [2.05, 4.69) is 15.6 Å². The molecule has 4 N–H and O–H groups in total. The molecular weight excluding hydrogens is 228 g/mol. The molecule has 1 aromatic heterocycles. The van der Waals surface area contributed by atoms with Crippen molar-refractivity contribution >= 4 is 29.0 Å². The standard InChI is InChI=1S/C10H13ClN4O/c11-6-3-8(12)10(13-4-6)14-5-7-1-2-9(16)15-7/h3-4,7H,1-2,5,12H2,(H,13,14)(H,15,16). The lowest BCUT2D eigenvalue weighted by Crippen LogP contribution is -2.32. The lowest BCUT2D eigenvalue weighted by Gasteiger charge is -2.13. The second kappa shape index (κ2) is 4.57. The largest absolute Gasteiger partial charge is 0.396 e. The van der Waals surface area contributed by atoms with E-state index in [0.717, 1.165) is 6.42 Å². The molecule has 0 aromatic carbocycles. The van der Waals surface area contributed by atoms with Crippen LogP contribution < -0.4 is 16.4 Å². The molecule has 0 radical (unpaired) electrons. The summed E-state index contributed by atoms with van der Waals surface area (Å²) in [5.41, 5.74) is 6.25. The maximum Gasteiger partial charge on any atom is 0.220 e. The van der Waals surface area contributed by atoms with Gasteiger partial charge in [-0.1, -0.05) is 11.6 Å². The Balaban J connectivity index is 1.92. The maximum absolute atomic E-state index is 11.0. The molecule has 1 unspecified atom stereocenters. The highest BCUT2D eigenvalue weighted by Crippen LogP contribution is 2.19. The summed E-state index contributed by atoms with van der Waals surface area (Å²) < 4.78 is 0. The smallest absolute Gasteiger partial charge is 0.220 e. The summed E-state index contributed by atoms with van der Waals surface area (Å²) in [5, 5.41) is 6.46. The number of halogens is 1. The Morgan fingerprint density at radius 2 is 2.50 bits per heavy atom. The van der Waals surface area contributed by atoms with Gasteiger partial charge in [-0.05, 0) is 12.5 Å². The fraction of sp³-hybridized carbons (Fsp3) is 0.400. The molecule has 0 aliphatic carbocycles. The quantitative estimate of drug-likeness (QED) is 0.737. The number of hydrogen-bond donors (Lipinski definition) is 3. The van der Waals surface area contributed by atoms with Crippen LogP contribution in [0.4, 0.5) is 11.5 Å². The highest BCUT2D eigenvalue weighted by Gasteiger charge is 2.20. The second-order valence-corrected chi connectivity index (χ2v) is 4.21. The van der Waals surface area contributed by atoms with E-state index in [1.54, 1.807) is 6.07 Å². The molecular formula is C10H13ClN4O. The van der Waals surface area contributed by atoms with Crippen molar-refractivity contribution in [3.05, 3.63) is 17.3 Å². The van der Waals surface area contributed by atoms with Gasteiger partial charge in [0, 0.05) is 25.2 Å². The van der Waals surface area contributed by atoms with E-state index in [4.69, 9.17) is 17.3 Å². The van der Waals surface area contributed by atoms with Crippen LogP contribution in [0.5, 0.6) is 0 Å². The molecule has 1 saturated heterocycles. The number of nitrogens with zero attached hydrogens (tertiary/aromatic N) is 1. The average Bonchev–Trinajstić information content (AvgIpc) is 2.63. The Labute approximate surface area is 98.4 Å². The molecule has 1 fully saturated rings. The Hall–Kier alpha value is -1.49. The zero-order valence-electron chi connectivity index (χ0n) is 8.66. The van der Waals surface area contributed by atoms with Gasteiger partial charge in [0.25, 0.3) is 0 Å². The minimum absolute atomic E-state index is 0.101. The predicted octanol–water partition coefficient (Wildman–Crippen LogP) is 1.01. The number of aromatic nitrogens is 1. The summed E-state index contributed by atoms with van der Waals surface area (Å²) >= 11 is 5.74. The summed E-state index contributed by atoms with van der Waals surface area (Å²) in [6.45, 7) is 0.630. The van der Waals surface area contributed by atoms with Gasteiger partial charge in [0.1, 0.15) is 5.82 Å². The lowest BCUT2D eigenvalue weighted by atomic mass is 10.2. The van der Waals surface area contributed by atoms with Gasteiger partial charge in [0.05, 0.1) is 10.7 Å². The van der Waals surface area contributed by atoms with E-state index in [-0.39, 0.29) is 11.9 Å². The van der Waals surface area contributed by atoms with Crippen LogP contribution >= 0.6 is 11.6 Å². The number of pyridine rings is 1. The van der Waals surface area contributed by atoms with Gasteiger partial charge >= 0.3 is 0 Å². The normalized spacial score (nSPS) is 19.6. The minimum atomic E-state index is 0.101. The Bertz CT molecular complexity index is 410. The molecule has 1 atom stereocenters. The van der Waals surface area contributed by atoms with E-state index in [1.807, 2.05) is 0 Å². The molecule has 0 spiro atoms. The van der Waals surface area contributed by atoms with E-state index in [9.17, 15) is 4.79 Å². The highest BCUT2D eigenvalue weighted by molar-refractivity contribution is 6.30. The molecule has 16 heavy (non-hydrogen) atoms. The average molecular weight is 241 g/mol. The number of amides is 1. The fourth-order valence-electron chi connectivity index (χ4n) is 1.65. The number of carbonyl (C=O) groups excluding carboxylic acids is 1. The molecule has 1 aliphatic heterocycles. The van der Waals surface area contributed by atoms with Crippen molar-refractivity contribution in [3.63, 3.8) is 0 Å². The minimum Gasteiger partial charge on any atom is -0.396 e. The van der Waals surface area contributed by atoms with Crippen LogP contribution in [0.15, 0.2) is 12.3 Å². The van der Waals surface area contributed by atoms with Gasteiger partial charge in [-0.25, -0.2) is 4.98 Å². The first-order chi connectivity index (χ1) is 7.65. The summed E-state index contributed by atoms with van der Waals surface area (Å²) in [6.07, 6.45) is 2.97. The molecule has 0 bridgehead atoms. The first kappa shape index (κ1) is 11.0. The molecule has 2 heterocycles. The summed E-state index contributed by atoms with van der Waals surface area (Å²) in [7, 11) is 0. The fourth-order valence-corrected chi connectivity index (χ4v) is 1.82. The molecule has 2 rings (SSSR count). The van der Waals surface area contributed by atoms with Crippen LogP contribution in [0.2, 0.25) is 5.02 Å². The van der Waals surface area contributed by atoms with Crippen LogP contribution in [0.3, 0.4) is 0 Å². The van der Waals surface area contributed by atoms with Crippen molar-refractivity contribution in [3.8, 4) is 0 Å². The number of carbonyl (C=O) groups is 1. The monoisotopic (exact) mass is 240 g/mol. The number of rotatable bonds is 3. The van der Waals surface area contributed by atoms with Crippen LogP contribution in [-0.4, -0.2) is 23.5 Å². The number of nitrogens with one attached hydrogen (secondary N) is 2. The molecule has 86 valence electrons. The van der Waals surface area contributed by atoms with E-state index < -0.39 is 0 Å². The first-order valence-corrected chi connectivity index (χ1v) is 5.47. The number of anilines is 2. The molecule has 0 saturated carbocycles. The van der Waals surface area contributed by atoms with Gasteiger partial charge < -0.3 is 16.4 Å². The van der Waals surface area contributed by atoms with E-state index in [0.29, 0.717) is 29.5 Å². The van der Waals surface area contributed by atoms with Crippen LogP contribution in [-0.2, 0) is 4.79 Å². The van der Waals surface area contributed by atoms with Crippen LogP contribution in [0, 0.1) is 0 Å². The zero-order chi connectivity index (χ0) is 11.5. The Kier molecular flexibility index (Phi) is 3.14. The lowest BCUT2D eigenvalue weighted by molar-refractivity contribution is -0.119. The highest BCUT2D eigenvalue weighted by atomic mass is 35.5. The Morgan fingerprint density at radius 1 is 1.69 bits per heavy atom. The third-order valence-electron chi connectivity index (χ3n) is 2.48. The number of nitrogens with two attached hydrogens (primary N) is 1. The summed E-state index contributed by atoms with van der Waals surface area (Å²) in [4.78, 5) is 15.1. The SMILES string of the molecule is Nc1cc(Cl)cnc1NCC1CCC(=O)N1. The first-order valence-electron chi connectivity index (χ1n) is 5.09.